The number of nitrogens with zero attached hydrogens (tertiary/aromatic N) is 4. The largest absolute Gasteiger partial charge is 0.451 e. The zero-order chi connectivity index (χ0) is 25.4. The van der Waals surface area contributed by atoms with Crippen molar-refractivity contribution in [2.24, 2.45) is 11.3 Å². The molecule has 2 aromatic rings. The number of carbonyl (C=O) groups is 1. The molecule has 0 atom stereocenters. The smallest absolute Gasteiger partial charge is 0.258 e. The third kappa shape index (κ3) is 5.50. The summed E-state index contributed by atoms with van der Waals surface area (Å²) in [6.45, 7) is 7.41. The average Bonchev–Trinajstić information content (AvgIpc) is 2.80. The molecule has 1 spiro atoms. The van der Waals surface area contributed by atoms with Crippen LogP contribution in [0.1, 0.15) is 49.9 Å². The molecule has 0 bridgehead atoms. The third-order valence-corrected chi connectivity index (χ3v) is 7.76. The van der Waals surface area contributed by atoms with Crippen LogP contribution in [0.3, 0.4) is 0 Å². The van der Waals surface area contributed by atoms with Gasteiger partial charge in [0.15, 0.2) is 11.6 Å². The topological polar surface area (TPSA) is 70.6 Å². The van der Waals surface area contributed by atoms with E-state index in [1.807, 2.05) is 13.8 Å². The summed E-state index contributed by atoms with van der Waals surface area (Å²) in [4.78, 5) is 25.9. The molecule has 0 unspecified atom stereocenters. The van der Waals surface area contributed by atoms with Crippen LogP contribution >= 0.6 is 12.4 Å². The molecule has 7 nitrogen and oxygen atoms in total. The SMILES string of the molecule is CC(C)N(C(=O)c1cc(F)ccc1Oc1cncnc1N1CC2(CCNCC2)C1)C1CC(C(F)F)C1.Cl. The Bertz CT molecular complexity index is 1100. The van der Waals surface area contributed by atoms with Crippen molar-refractivity contribution in [2.75, 3.05) is 31.1 Å². The Morgan fingerprint density at radius 1 is 1.19 bits per heavy atom. The van der Waals surface area contributed by atoms with Gasteiger partial charge < -0.3 is 19.9 Å². The van der Waals surface area contributed by atoms with Crippen molar-refractivity contribution in [3.8, 4) is 11.5 Å². The molecule has 202 valence electrons. The molecule has 3 aliphatic rings. The first-order chi connectivity index (χ1) is 17.3. The van der Waals surface area contributed by atoms with Crippen LogP contribution < -0.4 is 15.0 Å². The highest BCUT2D eigenvalue weighted by molar-refractivity contribution is 5.97. The summed E-state index contributed by atoms with van der Waals surface area (Å²) < 4.78 is 46.6. The van der Waals surface area contributed by atoms with Crippen LogP contribution in [0.25, 0.3) is 0 Å². The van der Waals surface area contributed by atoms with E-state index in [4.69, 9.17) is 4.74 Å². The van der Waals surface area contributed by atoms with Crippen LogP contribution in [0.15, 0.2) is 30.7 Å². The lowest BCUT2D eigenvalue weighted by atomic mass is 9.72. The van der Waals surface area contributed by atoms with Crippen molar-refractivity contribution in [1.82, 2.24) is 20.2 Å². The highest BCUT2D eigenvalue weighted by Crippen LogP contribution is 2.44. The van der Waals surface area contributed by atoms with E-state index < -0.39 is 24.1 Å². The number of ether oxygens (including phenoxy) is 1. The molecule has 3 heterocycles. The fraction of sp³-hybridized carbons (Fsp3) is 0.577. The number of halogens is 4. The lowest BCUT2D eigenvalue weighted by molar-refractivity contribution is -0.0246. The van der Waals surface area contributed by atoms with Gasteiger partial charge >= 0.3 is 0 Å². The highest BCUT2D eigenvalue weighted by atomic mass is 35.5. The number of hydrogen-bond acceptors (Lipinski definition) is 6. The number of rotatable bonds is 7. The molecule has 0 radical (unpaired) electrons. The Hall–Kier alpha value is -2.59. The van der Waals surface area contributed by atoms with Gasteiger partial charge in [0.25, 0.3) is 5.91 Å². The van der Waals surface area contributed by atoms with Gasteiger partial charge in [-0.1, -0.05) is 0 Å². The van der Waals surface area contributed by atoms with Gasteiger partial charge in [-0.3, -0.25) is 4.79 Å². The molecule has 5 rings (SSSR count). The molecule has 2 aliphatic heterocycles. The zero-order valence-electron chi connectivity index (χ0n) is 21.0. The van der Waals surface area contributed by atoms with Crippen molar-refractivity contribution in [3.05, 3.63) is 42.1 Å². The number of anilines is 1. The summed E-state index contributed by atoms with van der Waals surface area (Å²) >= 11 is 0. The van der Waals surface area contributed by atoms with Crippen molar-refractivity contribution in [3.63, 3.8) is 0 Å². The molecule has 1 amide bonds. The van der Waals surface area contributed by atoms with Crippen LogP contribution in [-0.4, -0.2) is 65.5 Å². The normalized spacial score (nSPS) is 22.3. The lowest BCUT2D eigenvalue weighted by Gasteiger charge is -2.53. The Balaban J connectivity index is 0.00000320. The molecule has 1 N–H and O–H groups in total. The van der Waals surface area contributed by atoms with E-state index in [-0.39, 0.29) is 54.1 Å². The van der Waals surface area contributed by atoms with E-state index in [0.717, 1.165) is 45.1 Å². The van der Waals surface area contributed by atoms with Crippen LogP contribution in [0, 0.1) is 17.2 Å². The number of hydrogen-bond donors (Lipinski definition) is 1. The maximum absolute atomic E-state index is 14.3. The molecular formula is C26H33ClF3N5O2. The fourth-order valence-corrected chi connectivity index (χ4v) is 5.71. The number of nitrogens with one attached hydrogen (secondary N) is 1. The second-order valence-electron chi connectivity index (χ2n) is 10.6. The number of carbonyl (C=O) groups excluding carboxylic acids is 1. The molecule has 3 fully saturated rings. The van der Waals surface area contributed by atoms with Gasteiger partial charge in [0, 0.05) is 36.5 Å². The Morgan fingerprint density at radius 2 is 1.89 bits per heavy atom. The summed E-state index contributed by atoms with van der Waals surface area (Å²) in [5.41, 5.74) is 0.332. The number of aromatic nitrogens is 2. The quantitative estimate of drug-likeness (QED) is 0.539. The maximum atomic E-state index is 14.3. The minimum absolute atomic E-state index is 0. The first-order valence-corrected chi connectivity index (χ1v) is 12.6. The molecule has 1 aliphatic carbocycles. The van der Waals surface area contributed by atoms with Crippen LogP contribution in [0.5, 0.6) is 11.5 Å². The van der Waals surface area contributed by atoms with E-state index in [0.29, 0.717) is 11.6 Å². The Morgan fingerprint density at radius 3 is 2.54 bits per heavy atom. The molecule has 11 heteroatoms. The monoisotopic (exact) mass is 539 g/mol. The van der Waals surface area contributed by atoms with Crippen molar-refractivity contribution < 1.29 is 22.7 Å². The average molecular weight is 540 g/mol. The Labute approximate surface area is 221 Å². The minimum atomic E-state index is -2.40. The van der Waals surface area contributed by atoms with Crippen molar-refractivity contribution in [1.29, 1.82) is 0 Å². The zero-order valence-corrected chi connectivity index (χ0v) is 21.8. The van der Waals surface area contributed by atoms with Gasteiger partial charge in [0.05, 0.1) is 11.8 Å². The number of alkyl halides is 2. The van der Waals surface area contributed by atoms with E-state index in [1.54, 1.807) is 11.1 Å². The van der Waals surface area contributed by atoms with Crippen molar-refractivity contribution in [2.45, 2.75) is 58.0 Å². The van der Waals surface area contributed by atoms with Gasteiger partial charge in [0.2, 0.25) is 6.43 Å². The summed E-state index contributed by atoms with van der Waals surface area (Å²) in [6.07, 6.45) is 3.29. The summed E-state index contributed by atoms with van der Waals surface area (Å²) in [6, 6.07) is 3.25. The van der Waals surface area contributed by atoms with E-state index in [1.165, 1.54) is 18.5 Å². The predicted octanol–water partition coefficient (Wildman–Crippen LogP) is 4.91. The van der Waals surface area contributed by atoms with Gasteiger partial charge in [-0.15, -0.1) is 12.4 Å². The molecule has 1 aromatic carbocycles. The highest BCUT2D eigenvalue weighted by Gasteiger charge is 2.45. The number of benzene rings is 1. The Kier molecular flexibility index (Phi) is 8.18. The molecule has 37 heavy (non-hydrogen) atoms. The van der Waals surface area contributed by atoms with E-state index in [2.05, 4.69) is 20.2 Å². The van der Waals surface area contributed by atoms with Gasteiger partial charge in [-0.05, 0) is 70.8 Å². The lowest BCUT2D eigenvalue weighted by Crippen LogP contribution is -2.60. The predicted molar refractivity (Wildman–Crippen MR) is 136 cm³/mol. The van der Waals surface area contributed by atoms with Crippen LogP contribution in [0.4, 0.5) is 19.0 Å². The first kappa shape index (κ1) is 27.4. The van der Waals surface area contributed by atoms with E-state index in [9.17, 15) is 18.0 Å². The van der Waals surface area contributed by atoms with Crippen molar-refractivity contribution >= 4 is 24.1 Å². The molecule has 2 saturated heterocycles. The molecule has 1 saturated carbocycles. The number of piperidine rings is 1. The van der Waals surface area contributed by atoms with Gasteiger partial charge in [0.1, 0.15) is 17.9 Å². The van der Waals surface area contributed by atoms with Crippen LogP contribution in [0.2, 0.25) is 0 Å². The van der Waals surface area contributed by atoms with E-state index >= 15 is 0 Å². The van der Waals surface area contributed by atoms with Gasteiger partial charge in [-0.2, -0.15) is 0 Å². The molecular weight excluding hydrogens is 507 g/mol. The summed E-state index contributed by atoms with van der Waals surface area (Å²) in [5, 5.41) is 3.40. The number of amides is 1. The van der Waals surface area contributed by atoms with Gasteiger partial charge in [-0.25, -0.2) is 23.1 Å². The first-order valence-electron chi connectivity index (χ1n) is 12.6. The second kappa shape index (κ2) is 11.0. The fourth-order valence-electron chi connectivity index (χ4n) is 5.71. The maximum Gasteiger partial charge on any atom is 0.258 e. The summed E-state index contributed by atoms with van der Waals surface area (Å²) in [7, 11) is 0. The molecule has 1 aromatic heterocycles. The standard InChI is InChI=1S/C26H32F3N5O2.ClH/c1-16(2)34(19-9-17(10-19)23(28)29)25(35)20-11-18(27)3-4-21(20)36-22-12-31-15-32-24(22)33-13-26(14-33)5-7-30-8-6-26;/h3-4,11-12,15-17,19,23,30H,5-10,13-14H2,1-2H3;1H. The minimum Gasteiger partial charge on any atom is -0.451 e. The third-order valence-electron chi connectivity index (χ3n) is 7.76. The summed E-state index contributed by atoms with van der Waals surface area (Å²) in [5.74, 6) is -0.515. The second-order valence-corrected chi connectivity index (χ2v) is 10.6. The van der Waals surface area contributed by atoms with Crippen LogP contribution in [-0.2, 0) is 0 Å².